The minimum absolute atomic E-state index is 0.0847. The Labute approximate surface area is 156 Å². The first-order valence-corrected chi connectivity index (χ1v) is 9.40. The number of carbonyl (C=O) groups is 1. The van der Waals surface area contributed by atoms with Gasteiger partial charge in [-0.3, -0.25) is 0 Å². The molecule has 0 spiro atoms. The van der Waals surface area contributed by atoms with Crippen molar-refractivity contribution in [2.45, 2.75) is 31.4 Å². The average Bonchev–Trinajstić information content (AvgIpc) is 3.15. The number of aromatic nitrogens is 3. The molecule has 3 rings (SSSR count). The number of nitrogens with zero attached hydrogens (tertiary/aromatic N) is 3. The van der Waals surface area contributed by atoms with E-state index < -0.39 is 5.97 Å². The molecule has 0 bridgehead atoms. The van der Waals surface area contributed by atoms with E-state index in [0.29, 0.717) is 22.3 Å². The van der Waals surface area contributed by atoms with E-state index in [0.717, 1.165) is 5.56 Å². The third kappa shape index (κ3) is 4.11. The van der Waals surface area contributed by atoms with Crippen molar-refractivity contribution in [3.05, 3.63) is 59.6 Å². The monoisotopic (exact) mass is 369 g/mol. The molecule has 26 heavy (non-hydrogen) atoms. The second-order valence-corrected chi connectivity index (χ2v) is 6.72. The number of ether oxygens (including phenoxy) is 1. The Kier molecular flexibility index (Phi) is 5.68. The molecule has 0 aliphatic heterocycles. The Morgan fingerprint density at radius 2 is 2.00 bits per heavy atom. The molecule has 7 heteroatoms. The molecule has 3 aromatic rings. The molecule has 0 amide bonds. The van der Waals surface area contributed by atoms with Crippen LogP contribution in [0.1, 0.15) is 41.6 Å². The van der Waals surface area contributed by atoms with Crippen LogP contribution < -0.4 is 0 Å². The molecule has 0 fully saturated rings. The summed E-state index contributed by atoms with van der Waals surface area (Å²) < 4.78 is 10.4. The molecule has 0 aliphatic rings. The number of hydrogen-bond donors (Lipinski definition) is 0. The number of pyridine rings is 1. The molecule has 0 saturated carbocycles. The van der Waals surface area contributed by atoms with Crippen molar-refractivity contribution in [2.75, 3.05) is 6.26 Å². The summed E-state index contributed by atoms with van der Waals surface area (Å²) in [4.78, 5) is 20.6. The number of thioether (sulfide) groups is 1. The maximum absolute atomic E-state index is 12.2. The van der Waals surface area contributed by atoms with Gasteiger partial charge in [-0.25, -0.2) is 9.78 Å². The van der Waals surface area contributed by atoms with Crippen LogP contribution in [0.3, 0.4) is 0 Å². The fraction of sp³-hybridized carbons (Fsp3) is 0.263. The summed E-state index contributed by atoms with van der Waals surface area (Å²) >= 11 is 1.39. The summed E-state index contributed by atoms with van der Waals surface area (Å²) in [6.07, 6.45) is 3.49. The van der Waals surface area contributed by atoms with E-state index in [9.17, 15) is 4.79 Å². The van der Waals surface area contributed by atoms with Gasteiger partial charge >= 0.3 is 5.97 Å². The van der Waals surface area contributed by atoms with Crippen LogP contribution in [0.2, 0.25) is 0 Å². The van der Waals surface area contributed by atoms with E-state index in [-0.39, 0.29) is 12.5 Å². The first kappa shape index (κ1) is 18.1. The quantitative estimate of drug-likeness (QED) is 0.472. The van der Waals surface area contributed by atoms with Crippen LogP contribution in [0.15, 0.2) is 52.1 Å². The SMILES string of the molecule is CSc1ncccc1C(=O)OCc1nc(-c2ccc(C(C)C)cc2)no1. The number of esters is 1. The molecule has 2 heterocycles. The Balaban J connectivity index is 1.66. The van der Waals surface area contributed by atoms with E-state index >= 15 is 0 Å². The summed E-state index contributed by atoms with van der Waals surface area (Å²) in [5.74, 6) is 0.708. The van der Waals surface area contributed by atoms with E-state index in [1.165, 1.54) is 17.3 Å². The van der Waals surface area contributed by atoms with Crippen molar-refractivity contribution < 1.29 is 14.1 Å². The molecule has 6 nitrogen and oxygen atoms in total. The van der Waals surface area contributed by atoms with Crippen molar-refractivity contribution in [1.82, 2.24) is 15.1 Å². The maximum Gasteiger partial charge on any atom is 0.341 e. The minimum atomic E-state index is -0.469. The van der Waals surface area contributed by atoms with Gasteiger partial charge in [-0.1, -0.05) is 43.3 Å². The van der Waals surface area contributed by atoms with Crippen molar-refractivity contribution in [2.24, 2.45) is 0 Å². The summed E-state index contributed by atoms with van der Waals surface area (Å²) in [6.45, 7) is 4.19. The Bertz CT molecular complexity index is 891. The molecule has 1 aromatic carbocycles. The summed E-state index contributed by atoms with van der Waals surface area (Å²) in [5, 5.41) is 4.57. The summed E-state index contributed by atoms with van der Waals surface area (Å²) in [5.41, 5.74) is 2.52. The lowest BCUT2D eigenvalue weighted by Crippen LogP contribution is -2.07. The predicted octanol–water partition coefficient (Wildman–Crippen LogP) is 4.33. The van der Waals surface area contributed by atoms with Crippen molar-refractivity contribution >= 4 is 17.7 Å². The van der Waals surface area contributed by atoms with Gasteiger partial charge < -0.3 is 9.26 Å². The largest absolute Gasteiger partial charge is 0.452 e. The molecule has 0 radical (unpaired) electrons. The normalized spacial score (nSPS) is 10.9. The molecule has 134 valence electrons. The summed E-state index contributed by atoms with van der Waals surface area (Å²) in [7, 11) is 0. The van der Waals surface area contributed by atoms with Crippen LogP contribution in [-0.2, 0) is 11.3 Å². The smallest absolute Gasteiger partial charge is 0.341 e. The lowest BCUT2D eigenvalue weighted by atomic mass is 10.0. The van der Waals surface area contributed by atoms with Crippen LogP contribution in [0.4, 0.5) is 0 Å². The van der Waals surface area contributed by atoms with Gasteiger partial charge in [0.2, 0.25) is 5.82 Å². The predicted molar refractivity (Wildman–Crippen MR) is 99.0 cm³/mol. The van der Waals surface area contributed by atoms with Crippen molar-refractivity contribution in [1.29, 1.82) is 0 Å². The molecule has 2 aromatic heterocycles. The van der Waals surface area contributed by atoms with E-state index in [1.807, 2.05) is 30.5 Å². The molecule has 0 N–H and O–H groups in total. The Hall–Kier alpha value is -2.67. The Morgan fingerprint density at radius 3 is 2.69 bits per heavy atom. The zero-order chi connectivity index (χ0) is 18.5. The lowest BCUT2D eigenvalue weighted by Gasteiger charge is -2.05. The van der Waals surface area contributed by atoms with Crippen LogP contribution in [0.5, 0.6) is 0 Å². The van der Waals surface area contributed by atoms with Gasteiger partial charge in [-0.15, -0.1) is 11.8 Å². The fourth-order valence-electron chi connectivity index (χ4n) is 2.36. The zero-order valence-corrected chi connectivity index (χ0v) is 15.6. The van der Waals surface area contributed by atoms with E-state index in [4.69, 9.17) is 9.26 Å². The first-order valence-electron chi connectivity index (χ1n) is 8.17. The molecule has 0 atom stereocenters. The average molecular weight is 369 g/mol. The van der Waals surface area contributed by atoms with Gasteiger partial charge in [-0.05, 0) is 29.9 Å². The highest BCUT2D eigenvalue weighted by Crippen LogP contribution is 2.21. The highest BCUT2D eigenvalue weighted by atomic mass is 32.2. The topological polar surface area (TPSA) is 78.1 Å². The van der Waals surface area contributed by atoms with Gasteiger partial charge in [0, 0.05) is 11.8 Å². The lowest BCUT2D eigenvalue weighted by molar-refractivity contribution is 0.0425. The number of benzene rings is 1. The van der Waals surface area contributed by atoms with Crippen LogP contribution in [0, 0.1) is 0 Å². The minimum Gasteiger partial charge on any atom is -0.452 e. The highest BCUT2D eigenvalue weighted by molar-refractivity contribution is 7.98. The van der Waals surface area contributed by atoms with Gasteiger partial charge in [-0.2, -0.15) is 4.98 Å². The van der Waals surface area contributed by atoms with Crippen molar-refractivity contribution in [3.8, 4) is 11.4 Å². The third-order valence-corrected chi connectivity index (χ3v) is 4.53. The van der Waals surface area contributed by atoms with Crippen LogP contribution >= 0.6 is 11.8 Å². The van der Waals surface area contributed by atoms with Gasteiger partial charge in [0.25, 0.3) is 5.89 Å². The van der Waals surface area contributed by atoms with Crippen LogP contribution in [0.25, 0.3) is 11.4 Å². The van der Waals surface area contributed by atoms with Gasteiger partial charge in [0.1, 0.15) is 5.03 Å². The molecule has 0 saturated heterocycles. The number of carbonyl (C=O) groups excluding carboxylic acids is 1. The van der Waals surface area contributed by atoms with Crippen molar-refractivity contribution in [3.63, 3.8) is 0 Å². The summed E-state index contributed by atoms with van der Waals surface area (Å²) in [6, 6.07) is 11.4. The number of rotatable bonds is 6. The van der Waals surface area contributed by atoms with Gasteiger partial charge in [0.05, 0.1) is 5.56 Å². The third-order valence-electron chi connectivity index (χ3n) is 3.81. The standard InChI is InChI=1S/C19H19N3O3S/c1-12(2)13-6-8-14(9-7-13)17-21-16(25-22-17)11-24-19(23)15-5-4-10-20-18(15)26-3/h4-10,12H,11H2,1-3H3. The van der Waals surface area contributed by atoms with Crippen LogP contribution in [-0.4, -0.2) is 27.3 Å². The highest BCUT2D eigenvalue weighted by Gasteiger charge is 2.16. The molecule has 0 aliphatic carbocycles. The number of hydrogen-bond acceptors (Lipinski definition) is 7. The first-order chi connectivity index (χ1) is 12.6. The fourth-order valence-corrected chi connectivity index (χ4v) is 2.90. The van der Waals surface area contributed by atoms with Gasteiger partial charge in [0.15, 0.2) is 6.61 Å². The molecular weight excluding hydrogens is 350 g/mol. The maximum atomic E-state index is 12.2. The second-order valence-electron chi connectivity index (χ2n) is 5.92. The second kappa shape index (κ2) is 8.14. The molecule has 0 unspecified atom stereocenters. The van der Waals surface area contributed by atoms with E-state index in [1.54, 1.807) is 18.3 Å². The van der Waals surface area contributed by atoms with E-state index in [2.05, 4.69) is 29.0 Å². The zero-order valence-electron chi connectivity index (χ0n) is 14.8. The molecular formula is C19H19N3O3S. The Morgan fingerprint density at radius 1 is 1.23 bits per heavy atom.